The van der Waals surface area contributed by atoms with Crippen molar-refractivity contribution in [3.8, 4) is 5.75 Å². The van der Waals surface area contributed by atoms with Crippen LogP contribution in [0.15, 0.2) is 23.0 Å². The van der Waals surface area contributed by atoms with Crippen LogP contribution in [0.3, 0.4) is 0 Å². The van der Waals surface area contributed by atoms with Gasteiger partial charge in [-0.15, -0.1) is 11.3 Å². The first-order valence-corrected chi connectivity index (χ1v) is 8.83. The number of hydrogen-bond donors (Lipinski definition) is 2. The Kier molecular flexibility index (Phi) is 3.66. The van der Waals surface area contributed by atoms with Gasteiger partial charge in [0.25, 0.3) is 5.56 Å². The van der Waals surface area contributed by atoms with Crippen molar-refractivity contribution in [3.63, 3.8) is 0 Å². The van der Waals surface area contributed by atoms with Crippen LogP contribution in [-0.4, -0.2) is 30.0 Å². The number of carbonyl (C=O) groups is 1. The quantitative estimate of drug-likeness (QED) is 0.790. The van der Waals surface area contributed by atoms with Gasteiger partial charge in [-0.1, -0.05) is 13.0 Å². The van der Waals surface area contributed by atoms with E-state index in [2.05, 4.69) is 23.3 Å². The van der Waals surface area contributed by atoms with Crippen LogP contribution in [0.4, 0.5) is 0 Å². The molecule has 1 aromatic heterocycles. The Morgan fingerprint density at radius 2 is 2.12 bits per heavy atom. The molecule has 2 atom stereocenters. The lowest BCUT2D eigenvalue weighted by atomic mass is 10.0. The normalized spacial score (nSPS) is 25.9. The summed E-state index contributed by atoms with van der Waals surface area (Å²) < 4.78 is 6.87. The van der Waals surface area contributed by atoms with E-state index < -0.39 is 0 Å². The van der Waals surface area contributed by atoms with Crippen LogP contribution in [0.5, 0.6) is 5.75 Å². The third kappa shape index (κ3) is 2.52. The number of rotatable bonds is 1. The molecule has 1 fully saturated rings. The molecule has 0 aliphatic carbocycles. The number of aromatic nitrogens is 1. The van der Waals surface area contributed by atoms with E-state index in [-0.39, 0.29) is 17.4 Å². The van der Waals surface area contributed by atoms with Crippen molar-refractivity contribution in [2.45, 2.75) is 25.8 Å². The van der Waals surface area contributed by atoms with Crippen molar-refractivity contribution in [1.29, 1.82) is 0 Å². The highest BCUT2D eigenvalue weighted by atomic mass is 32.1. The number of ketones is 1. The second-order valence-corrected chi connectivity index (χ2v) is 7.40. The minimum Gasteiger partial charge on any atom is -0.493 e. The van der Waals surface area contributed by atoms with E-state index in [0.29, 0.717) is 33.8 Å². The van der Waals surface area contributed by atoms with Gasteiger partial charge in [-0.2, -0.15) is 0 Å². The Balaban J connectivity index is 1.80. The van der Waals surface area contributed by atoms with Gasteiger partial charge in [0, 0.05) is 23.6 Å². The van der Waals surface area contributed by atoms with Gasteiger partial charge in [0.2, 0.25) is 0 Å². The van der Waals surface area contributed by atoms with Crippen LogP contribution in [0.1, 0.15) is 30.9 Å². The molecule has 5 nitrogen and oxygen atoms in total. The van der Waals surface area contributed by atoms with Gasteiger partial charge in [0.15, 0.2) is 5.78 Å². The molecule has 1 saturated heterocycles. The Bertz CT molecular complexity index is 1000. The fourth-order valence-electron chi connectivity index (χ4n) is 3.10. The van der Waals surface area contributed by atoms with Crippen LogP contribution in [-0.2, 0) is 4.79 Å². The number of H-pyrrole nitrogens is 1. The number of aromatic amines is 1. The monoisotopic (exact) mass is 342 g/mol. The molecule has 6 heteroatoms. The van der Waals surface area contributed by atoms with Gasteiger partial charge in [0.05, 0.1) is 17.2 Å². The summed E-state index contributed by atoms with van der Waals surface area (Å²) in [4.78, 5) is 27.2. The van der Waals surface area contributed by atoms with Gasteiger partial charge in [-0.05, 0) is 30.7 Å². The lowest BCUT2D eigenvalue weighted by Gasteiger charge is -2.01. The first kappa shape index (κ1) is 15.4. The highest BCUT2D eigenvalue weighted by Gasteiger charge is 2.26. The Morgan fingerprint density at radius 3 is 2.88 bits per heavy atom. The van der Waals surface area contributed by atoms with Crippen molar-refractivity contribution in [2.24, 2.45) is 0 Å². The summed E-state index contributed by atoms with van der Waals surface area (Å²) in [6.45, 7) is 5.17. The third-order valence-corrected chi connectivity index (χ3v) is 5.64. The molecule has 1 aromatic carbocycles. The summed E-state index contributed by atoms with van der Waals surface area (Å²) >= 11 is 1.34. The average Bonchev–Trinajstić information content (AvgIpc) is 3.21. The Hall–Kier alpha value is -2.18. The third-order valence-electron chi connectivity index (χ3n) is 4.56. The predicted molar refractivity (Wildman–Crippen MR) is 94.0 cm³/mol. The Labute approximate surface area is 142 Å². The number of thiazole rings is 1. The maximum Gasteiger partial charge on any atom is 0.266 e. The summed E-state index contributed by atoms with van der Waals surface area (Å²) in [7, 11) is 0. The molecule has 0 saturated carbocycles. The lowest BCUT2D eigenvalue weighted by Crippen LogP contribution is -2.22. The van der Waals surface area contributed by atoms with E-state index in [1.165, 1.54) is 16.9 Å². The van der Waals surface area contributed by atoms with Crippen molar-refractivity contribution in [1.82, 2.24) is 10.3 Å². The second kappa shape index (κ2) is 5.72. The number of carbonyl (C=O) groups excluding carboxylic acids is 1. The van der Waals surface area contributed by atoms with Gasteiger partial charge in [-0.3, -0.25) is 9.59 Å². The van der Waals surface area contributed by atoms with Crippen molar-refractivity contribution in [2.75, 3.05) is 13.2 Å². The molecule has 2 N–H and O–H groups in total. The molecule has 0 amide bonds. The molecule has 0 bridgehead atoms. The van der Waals surface area contributed by atoms with Gasteiger partial charge in [0.1, 0.15) is 10.4 Å². The zero-order valence-electron chi connectivity index (χ0n) is 13.5. The number of benzene rings is 1. The maximum absolute atomic E-state index is 12.2. The fourth-order valence-corrected chi connectivity index (χ4v) is 4.09. The molecule has 124 valence electrons. The smallest absolute Gasteiger partial charge is 0.266 e. The topological polar surface area (TPSA) is 71.2 Å². The van der Waals surface area contributed by atoms with Crippen molar-refractivity contribution >= 4 is 28.8 Å². The van der Waals surface area contributed by atoms with E-state index in [9.17, 15) is 9.59 Å². The molecule has 3 heterocycles. The average molecular weight is 342 g/mol. The molecule has 0 radical (unpaired) electrons. The second-order valence-electron chi connectivity index (χ2n) is 6.35. The van der Waals surface area contributed by atoms with E-state index in [1.807, 2.05) is 25.1 Å². The minimum absolute atomic E-state index is 0.0579. The van der Waals surface area contributed by atoms with Crippen LogP contribution >= 0.6 is 11.3 Å². The molecule has 2 aromatic rings. The van der Waals surface area contributed by atoms with Crippen LogP contribution in [0.25, 0.3) is 11.6 Å². The number of nitrogens with one attached hydrogen (secondary N) is 2. The number of ether oxygens (including phenoxy) is 1. The molecule has 0 spiro atoms. The fraction of sp³-hybridized carbons (Fsp3) is 0.333. The van der Waals surface area contributed by atoms with Crippen LogP contribution < -0.4 is 24.8 Å². The zero-order chi connectivity index (χ0) is 16.8. The molecule has 2 unspecified atom stereocenters. The summed E-state index contributed by atoms with van der Waals surface area (Å²) in [5, 5.41) is 3.10. The Morgan fingerprint density at radius 1 is 1.29 bits per heavy atom. The van der Waals surface area contributed by atoms with Crippen LogP contribution in [0.2, 0.25) is 0 Å². The standard InChI is InChI=1S/C18H18N2O3S/c1-9-8-23-14-4-3-11(5-12(9)14)6-15-17(22)20-18(24-15)13-7-19-10(2)16(13)21/h3-6,9-10,19H,7-8H2,1-2H3,(H,20,22)/b15-6-,18-13+. The highest BCUT2D eigenvalue weighted by Crippen LogP contribution is 2.34. The van der Waals surface area contributed by atoms with E-state index in [0.717, 1.165) is 11.3 Å². The van der Waals surface area contributed by atoms with Gasteiger partial charge >= 0.3 is 0 Å². The first-order chi connectivity index (χ1) is 11.5. The number of Topliss-reactive ketones (excluding diaryl/α,β-unsaturated/α-hetero) is 1. The lowest BCUT2D eigenvalue weighted by molar-refractivity contribution is -0.114. The first-order valence-electron chi connectivity index (χ1n) is 8.01. The molecular weight excluding hydrogens is 324 g/mol. The van der Waals surface area contributed by atoms with Crippen molar-refractivity contribution in [3.05, 3.63) is 48.9 Å². The summed E-state index contributed by atoms with van der Waals surface area (Å²) in [5.74, 6) is 1.35. The summed E-state index contributed by atoms with van der Waals surface area (Å²) in [6.07, 6.45) is 1.87. The van der Waals surface area contributed by atoms with E-state index in [1.54, 1.807) is 0 Å². The maximum atomic E-state index is 12.2. The number of hydrogen-bond acceptors (Lipinski definition) is 5. The highest BCUT2D eigenvalue weighted by molar-refractivity contribution is 7.07. The van der Waals surface area contributed by atoms with E-state index >= 15 is 0 Å². The SMILES string of the molecule is CC1NC/C(=c2/[nH]c(=O)/c(=C/c3ccc4c(c3)C(C)CO4)s2)C1=O. The summed E-state index contributed by atoms with van der Waals surface area (Å²) in [6, 6.07) is 5.79. The molecule has 2 aliphatic rings. The summed E-state index contributed by atoms with van der Waals surface area (Å²) in [5.41, 5.74) is 2.66. The zero-order valence-corrected chi connectivity index (χ0v) is 14.3. The predicted octanol–water partition coefficient (Wildman–Crippen LogP) is 0.473. The van der Waals surface area contributed by atoms with Gasteiger partial charge < -0.3 is 15.0 Å². The van der Waals surface area contributed by atoms with E-state index in [4.69, 9.17) is 4.74 Å². The molecular formula is C18H18N2O3S. The molecule has 2 aliphatic heterocycles. The van der Waals surface area contributed by atoms with Gasteiger partial charge in [-0.25, -0.2) is 0 Å². The largest absolute Gasteiger partial charge is 0.493 e. The number of fused-ring (bicyclic) bond motifs is 1. The molecule has 24 heavy (non-hydrogen) atoms. The van der Waals surface area contributed by atoms with Crippen LogP contribution in [0, 0.1) is 0 Å². The molecule has 4 rings (SSSR count). The minimum atomic E-state index is -0.184. The van der Waals surface area contributed by atoms with Crippen molar-refractivity contribution < 1.29 is 9.53 Å².